The van der Waals surface area contributed by atoms with Crippen LogP contribution in [0.2, 0.25) is 0 Å². The van der Waals surface area contributed by atoms with E-state index in [9.17, 15) is 0 Å². The predicted molar refractivity (Wildman–Crippen MR) is 77.9 cm³/mol. The average molecular weight is 256 g/mol. The molecular formula is C15H32N2O. The average Bonchev–Trinajstić information content (AvgIpc) is 2.38. The maximum atomic E-state index is 8.69. The maximum absolute atomic E-state index is 8.69. The van der Waals surface area contributed by atoms with Crippen LogP contribution in [0.4, 0.5) is 0 Å². The van der Waals surface area contributed by atoms with Crippen molar-refractivity contribution < 1.29 is 5.11 Å². The summed E-state index contributed by atoms with van der Waals surface area (Å²) in [6.07, 6.45) is 7.52. The van der Waals surface area contributed by atoms with Gasteiger partial charge >= 0.3 is 0 Å². The second-order valence-electron chi connectivity index (χ2n) is 5.82. The molecule has 0 atom stereocenters. The molecule has 108 valence electrons. The molecule has 0 amide bonds. The molecule has 18 heavy (non-hydrogen) atoms. The molecule has 0 unspecified atom stereocenters. The number of piperazine rings is 1. The second-order valence-corrected chi connectivity index (χ2v) is 5.82. The maximum Gasteiger partial charge on any atom is 0.0431 e. The Morgan fingerprint density at radius 3 is 1.94 bits per heavy atom. The van der Waals surface area contributed by atoms with Crippen LogP contribution in [0.5, 0.6) is 0 Å². The minimum Gasteiger partial charge on any atom is -0.396 e. The van der Waals surface area contributed by atoms with Crippen LogP contribution >= 0.6 is 0 Å². The van der Waals surface area contributed by atoms with Crippen molar-refractivity contribution in [3.05, 3.63) is 0 Å². The zero-order chi connectivity index (χ0) is 13.2. The third kappa shape index (κ3) is 6.72. The Kier molecular flexibility index (Phi) is 8.64. The highest BCUT2D eigenvalue weighted by atomic mass is 16.2. The van der Waals surface area contributed by atoms with Gasteiger partial charge in [0.05, 0.1) is 0 Å². The van der Waals surface area contributed by atoms with Crippen molar-refractivity contribution in [3.63, 3.8) is 0 Å². The number of nitrogens with zero attached hydrogens (tertiary/aromatic N) is 2. The Morgan fingerprint density at radius 2 is 1.39 bits per heavy atom. The minimum atomic E-state index is 0.361. The van der Waals surface area contributed by atoms with Crippen molar-refractivity contribution in [1.82, 2.24) is 9.80 Å². The summed E-state index contributed by atoms with van der Waals surface area (Å²) >= 11 is 0. The van der Waals surface area contributed by atoms with Crippen LogP contribution in [-0.4, -0.2) is 60.3 Å². The smallest absolute Gasteiger partial charge is 0.0431 e. The molecule has 0 aromatic heterocycles. The summed E-state index contributed by atoms with van der Waals surface area (Å²) in [5, 5.41) is 8.69. The van der Waals surface area contributed by atoms with E-state index < -0.39 is 0 Å². The molecule has 0 bridgehead atoms. The van der Waals surface area contributed by atoms with Crippen LogP contribution in [0.15, 0.2) is 0 Å². The van der Waals surface area contributed by atoms with E-state index in [2.05, 4.69) is 23.6 Å². The number of hydrogen-bond donors (Lipinski definition) is 1. The molecule has 0 aliphatic carbocycles. The summed E-state index contributed by atoms with van der Waals surface area (Å²) in [4.78, 5) is 5.19. The monoisotopic (exact) mass is 256 g/mol. The van der Waals surface area contributed by atoms with Crippen LogP contribution in [0, 0.1) is 0 Å². The third-order valence-corrected chi connectivity index (χ3v) is 4.02. The Labute approximate surface area is 113 Å². The molecule has 0 spiro atoms. The normalized spacial score (nSPS) is 18.7. The van der Waals surface area contributed by atoms with E-state index in [0.717, 1.165) is 6.42 Å². The fraction of sp³-hybridized carbons (Fsp3) is 1.00. The molecule has 1 aliphatic heterocycles. The van der Waals surface area contributed by atoms with Gasteiger partial charge in [-0.3, -0.25) is 4.90 Å². The topological polar surface area (TPSA) is 26.7 Å². The first-order chi connectivity index (χ1) is 8.74. The van der Waals surface area contributed by atoms with E-state index in [4.69, 9.17) is 5.11 Å². The van der Waals surface area contributed by atoms with E-state index >= 15 is 0 Å². The SMILES string of the molecule is CC(C)N1CCN(CCCCCCCCO)CC1. The van der Waals surface area contributed by atoms with E-state index in [1.807, 2.05) is 0 Å². The largest absolute Gasteiger partial charge is 0.396 e. The van der Waals surface area contributed by atoms with Crippen molar-refractivity contribution in [1.29, 1.82) is 0 Å². The van der Waals surface area contributed by atoms with E-state index in [1.165, 1.54) is 64.8 Å². The van der Waals surface area contributed by atoms with Gasteiger partial charge in [-0.05, 0) is 33.2 Å². The van der Waals surface area contributed by atoms with Crippen LogP contribution in [0.1, 0.15) is 52.4 Å². The number of unbranched alkanes of at least 4 members (excludes halogenated alkanes) is 5. The van der Waals surface area contributed by atoms with Crippen molar-refractivity contribution in [2.45, 2.75) is 58.4 Å². The first kappa shape index (κ1) is 15.9. The minimum absolute atomic E-state index is 0.361. The van der Waals surface area contributed by atoms with Gasteiger partial charge in [-0.15, -0.1) is 0 Å². The highest BCUT2D eigenvalue weighted by molar-refractivity contribution is 4.73. The predicted octanol–water partition coefficient (Wildman–Crippen LogP) is 2.35. The van der Waals surface area contributed by atoms with Gasteiger partial charge in [0, 0.05) is 38.8 Å². The molecule has 0 aromatic rings. The lowest BCUT2D eigenvalue weighted by atomic mass is 10.1. The number of aliphatic hydroxyl groups excluding tert-OH is 1. The highest BCUT2D eigenvalue weighted by Crippen LogP contribution is 2.09. The molecule has 0 saturated carbocycles. The molecule has 1 saturated heterocycles. The van der Waals surface area contributed by atoms with Gasteiger partial charge in [-0.2, -0.15) is 0 Å². The summed E-state index contributed by atoms with van der Waals surface area (Å²) in [6, 6.07) is 0.707. The van der Waals surface area contributed by atoms with Gasteiger partial charge in [0.1, 0.15) is 0 Å². The van der Waals surface area contributed by atoms with Crippen LogP contribution < -0.4 is 0 Å². The van der Waals surface area contributed by atoms with E-state index in [0.29, 0.717) is 12.6 Å². The fourth-order valence-electron chi connectivity index (χ4n) is 2.66. The quantitative estimate of drug-likeness (QED) is 0.642. The van der Waals surface area contributed by atoms with Crippen molar-refractivity contribution in [2.24, 2.45) is 0 Å². The summed E-state index contributed by atoms with van der Waals surface area (Å²) in [5.74, 6) is 0. The van der Waals surface area contributed by atoms with Crippen molar-refractivity contribution in [3.8, 4) is 0 Å². The Balaban J connectivity index is 1.91. The number of aliphatic hydroxyl groups is 1. The lowest BCUT2D eigenvalue weighted by Crippen LogP contribution is -2.48. The molecule has 1 fully saturated rings. The molecule has 3 heteroatoms. The fourth-order valence-corrected chi connectivity index (χ4v) is 2.66. The Morgan fingerprint density at radius 1 is 0.833 bits per heavy atom. The van der Waals surface area contributed by atoms with Gasteiger partial charge in [-0.25, -0.2) is 0 Å². The third-order valence-electron chi connectivity index (χ3n) is 4.02. The summed E-state index contributed by atoms with van der Waals surface area (Å²) in [7, 11) is 0. The molecule has 1 aliphatic rings. The first-order valence-corrected chi connectivity index (χ1v) is 7.81. The van der Waals surface area contributed by atoms with Crippen LogP contribution in [-0.2, 0) is 0 Å². The van der Waals surface area contributed by atoms with Crippen molar-refractivity contribution >= 4 is 0 Å². The number of hydrogen-bond acceptors (Lipinski definition) is 3. The molecule has 0 aromatic carbocycles. The van der Waals surface area contributed by atoms with Gasteiger partial charge in [0.15, 0.2) is 0 Å². The molecule has 1 rings (SSSR count). The van der Waals surface area contributed by atoms with Crippen LogP contribution in [0.25, 0.3) is 0 Å². The van der Waals surface area contributed by atoms with Gasteiger partial charge < -0.3 is 10.0 Å². The lowest BCUT2D eigenvalue weighted by molar-refractivity contribution is 0.107. The zero-order valence-corrected chi connectivity index (χ0v) is 12.4. The molecule has 0 radical (unpaired) electrons. The van der Waals surface area contributed by atoms with E-state index in [-0.39, 0.29) is 0 Å². The molecule has 3 nitrogen and oxygen atoms in total. The first-order valence-electron chi connectivity index (χ1n) is 7.81. The highest BCUT2D eigenvalue weighted by Gasteiger charge is 2.17. The molecular weight excluding hydrogens is 224 g/mol. The summed E-state index contributed by atoms with van der Waals surface area (Å²) in [6.45, 7) is 11.2. The van der Waals surface area contributed by atoms with Gasteiger partial charge in [0.2, 0.25) is 0 Å². The Hall–Kier alpha value is -0.120. The van der Waals surface area contributed by atoms with Crippen LogP contribution in [0.3, 0.4) is 0 Å². The standard InChI is InChI=1S/C15H32N2O/c1-15(2)17-12-10-16(11-13-17)9-7-5-3-4-6-8-14-18/h15,18H,3-14H2,1-2H3. The summed E-state index contributed by atoms with van der Waals surface area (Å²) < 4.78 is 0. The Bertz CT molecular complexity index is 189. The van der Waals surface area contributed by atoms with Gasteiger partial charge in [0.25, 0.3) is 0 Å². The van der Waals surface area contributed by atoms with E-state index in [1.54, 1.807) is 0 Å². The van der Waals surface area contributed by atoms with Crippen molar-refractivity contribution in [2.75, 3.05) is 39.3 Å². The second kappa shape index (κ2) is 9.76. The zero-order valence-electron chi connectivity index (χ0n) is 12.4. The lowest BCUT2D eigenvalue weighted by Gasteiger charge is -2.36. The van der Waals surface area contributed by atoms with Gasteiger partial charge in [-0.1, -0.05) is 25.7 Å². The summed E-state index contributed by atoms with van der Waals surface area (Å²) in [5.41, 5.74) is 0. The number of rotatable bonds is 9. The molecule has 1 heterocycles. The molecule has 1 N–H and O–H groups in total.